The van der Waals surface area contributed by atoms with E-state index in [0.717, 1.165) is 36.1 Å². The summed E-state index contributed by atoms with van der Waals surface area (Å²) in [5.41, 5.74) is 1.00. The lowest BCUT2D eigenvalue weighted by Crippen LogP contribution is -2.27. The average Bonchev–Trinajstić information content (AvgIpc) is 3.23. The minimum Gasteiger partial charge on any atom is -0.393 e. The Hall–Kier alpha value is -2.02. The Bertz CT molecular complexity index is 677. The topological polar surface area (TPSA) is 97.0 Å². The van der Waals surface area contributed by atoms with E-state index in [1.807, 2.05) is 6.07 Å². The van der Waals surface area contributed by atoms with Crippen LogP contribution >= 0.6 is 0 Å². The molecular weight excluding hydrogens is 306 g/mol. The molecule has 2 aliphatic rings. The predicted octanol–water partition coefficient (Wildman–Crippen LogP) is 2.41. The fraction of sp³-hybridized carbons (Fsp3) is 0.647. The number of nitrogens with zero attached hydrogens (tertiary/aromatic N) is 4. The van der Waals surface area contributed by atoms with Crippen molar-refractivity contribution in [3.63, 3.8) is 0 Å². The molecule has 0 spiro atoms. The first-order valence-corrected chi connectivity index (χ1v) is 8.84. The highest BCUT2D eigenvalue weighted by Gasteiger charge is 2.29. The van der Waals surface area contributed by atoms with Crippen LogP contribution in [0.4, 0.5) is 5.82 Å². The monoisotopic (exact) mass is 329 g/mol. The van der Waals surface area contributed by atoms with Gasteiger partial charge in [0.2, 0.25) is 5.89 Å². The van der Waals surface area contributed by atoms with Crippen LogP contribution in [0.2, 0.25) is 0 Å². The van der Waals surface area contributed by atoms with Gasteiger partial charge in [-0.2, -0.15) is 4.98 Å². The smallest absolute Gasteiger partial charge is 0.229 e. The molecule has 0 atom stereocenters. The Labute approximate surface area is 140 Å². The van der Waals surface area contributed by atoms with Crippen LogP contribution < -0.4 is 5.32 Å². The van der Waals surface area contributed by atoms with Crippen LogP contribution in [0, 0.1) is 0 Å². The molecule has 4 rings (SSSR count). The molecule has 2 fully saturated rings. The maximum absolute atomic E-state index is 9.42. The van der Waals surface area contributed by atoms with Crippen molar-refractivity contribution in [2.75, 3.05) is 11.9 Å². The molecule has 2 heterocycles. The van der Waals surface area contributed by atoms with Gasteiger partial charge in [0, 0.05) is 36.6 Å². The van der Waals surface area contributed by atoms with E-state index in [1.54, 1.807) is 6.33 Å². The second kappa shape index (κ2) is 6.84. The summed E-state index contributed by atoms with van der Waals surface area (Å²) < 4.78 is 5.40. The molecular formula is C17H23N5O2. The summed E-state index contributed by atoms with van der Waals surface area (Å²) >= 11 is 0. The molecule has 7 heteroatoms. The lowest BCUT2D eigenvalue weighted by Gasteiger charge is -2.30. The Balaban J connectivity index is 1.28. The maximum Gasteiger partial charge on any atom is 0.229 e. The fourth-order valence-corrected chi connectivity index (χ4v) is 3.53. The second-order valence-electron chi connectivity index (χ2n) is 6.86. The van der Waals surface area contributed by atoms with Crippen molar-refractivity contribution in [3.05, 3.63) is 29.8 Å². The van der Waals surface area contributed by atoms with Gasteiger partial charge in [0.15, 0.2) is 5.82 Å². The van der Waals surface area contributed by atoms with E-state index in [9.17, 15) is 5.11 Å². The molecule has 7 nitrogen and oxygen atoms in total. The van der Waals surface area contributed by atoms with Crippen LogP contribution in [-0.4, -0.2) is 37.9 Å². The second-order valence-corrected chi connectivity index (χ2v) is 6.86. The molecule has 0 unspecified atom stereocenters. The molecule has 2 aromatic rings. The molecule has 24 heavy (non-hydrogen) atoms. The first-order chi connectivity index (χ1) is 11.8. The van der Waals surface area contributed by atoms with Gasteiger partial charge in [0.05, 0.1) is 6.10 Å². The fourth-order valence-electron chi connectivity index (χ4n) is 3.53. The van der Waals surface area contributed by atoms with Crippen LogP contribution in [0.25, 0.3) is 0 Å². The Morgan fingerprint density at radius 2 is 2.00 bits per heavy atom. The van der Waals surface area contributed by atoms with Crippen LogP contribution in [-0.2, 0) is 6.42 Å². The van der Waals surface area contributed by atoms with Gasteiger partial charge in [-0.1, -0.05) is 18.0 Å². The molecule has 2 aliphatic carbocycles. The van der Waals surface area contributed by atoms with Gasteiger partial charge in [-0.15, -0.1) is 0 Å². The van der Waals surface area contributed by atoms with Crippen molar-refractivity contribution in [2.45, 2.75) is 62.9 Å². The molecule has 0 radical (unpaired) electrons. The van der Waals surface area contributed by atoms with Gasteiger partial charge in [-0.3, -0.25) is 0 Å². The molecule has 0 bridgehead atoms. The first kappa shape index (κ1) is 15.5. The minimum atomic E-state index is -0.173. The number of hydrogen-bond donors (Lipinski definition) is 2. The van der Waals surface area contributed by atoms with E-state index in [4.69, 9.17) is 4.52 Å². The van der Waals surface area contributed by atoms with Crippen LogP contribution in [0.1, 0.15) is 67.8 Å². The Morgan fingerprint density at radius 3 is 2.79 bits per heavy atom. The highest BCUT2D eigenvalue weighted by molar-refractivity contribution is 5.36. The largest absolute Gasteiger partial charge is 0.393 e. The summed E-state index contributed by atoms with van der Waals surface area (Å²) in [5, 5.41) is 16.8. The molecule has 2 N–H and O–H groups in total. The van der Waals surface area contributed by atoms with E-state index < -0.39 is 0 Å². The SMILES string of the molecule is OC1CC(c2cc(NCCc3noc(C4CCCC4)n3)ncn2)C1. The molecule has 0 aromatic carbocycles. The van der Waals surface area contributed by atoms with Crippen molar-refractivity contribution >= 4 is 5.82 Å². The molecule has 2 saturated carbocycles. The zero-order valence-electron chi connectivity index (χ0n) is 13.7. The van der Waals surface area contributed by atoms with Gasteiger partial charge in [0.1, 0.15) is 12.1 Å². The van der Waals surface area contributed by atoms with Gasteiger partial charge in [-0.05, 0) is 25.7 Å². The molecule has 2 aromatic heterocycles. The molecule has 0 amide bonds. The van der Waals surface area contributed by atoms with Crippen LogP contribution in [0.15, 0.2) is 16.9 Å². The zero-order valence-corrected chi connectivity index (χ0v) is 13.7. The Morgan fingerprint density at radius 1 is 1.17 bits per heavy atom. The first-order valence-electron chi connectivity index (χ1n) is 8.84. The number of aliphatic hydroxyl groups excluding tert-OH is 1. The number of hydrogen-bond acceptors (Lipinski definition) is 7. The summed E-state index contributed by atoms with van der Waals surface area (Å²) in [6, 6.07) is 1.97. The quantitative estimate of drug-likeness (QED) is 0.840. The van der Waals surface area contributed by atoms with E-state index in [0.29, 0.717) is 24.8 Å². The van der Waals surface area contributed by atoms with Gasteiger partial charge >= 0.3 is 0 Å². The van der Waals surface area contributed by atoms with E-state index in [-0.39, 0.29) is 6.10 Å². The minimum absolute atomic E-state index is 0.173. The number of rotatable bonds is 6. The summed E-state index contributed by atoms with van der Waals surface area (Å²) in [5.74, 6) is 3.17. The molecule has 128 valence electrons. The van der Waals surface area contributed by atoms with Crippen molar-refractivity contribution in [1.82, 2.24) is 20.1 Å². The predicted molar refractivity (Wildman–Crippen MR) is 87.7 cm³/mol. The van der Waals surface area contributed by atoms with E-state index in [1.165, 1.54) is 25.7 Å². The third-order valence-electron chi connectivity index (χ3n) is 5.06. The molecule has 0 aliphatic heterocycles. The van der Waals surface area contributed by atoms with Crippen molar-refractivity contribution < 1.29 is 9.63 Å². The number of anilines is 1. The number of aliphatic hydroxyl groups is 1. The lowest BCUT2D eigenvalue weighted by molar-refractivity contribution is 0.0732. The standard InChI is InChI=1S/C17H23N5O2/c23-13-7-12(8-13)14-9-16(20-10-19-14)18-6-5-15-21-17(24-22-15)11-3-1-2-4-11/h9-13,23H,1-8H2,(H,18,19,20). The lowest BCUT2D eigenvalue weighted by atomic mass is 9.80. The zero-order chi connectivity index (χ0) is 16.4. The summed E-state index contributed by atoms with van der Waals surface area (Å²) in [6.07, 6.45) is 8.56. The van der Waals surface area contributed by atoms with Gasteiger partial charge in [0.25, 0.3) is 0 Å². The summed E-state index contributed by atoms with van der Waals surface area (Å²) in [6.45, 7) is 0.702. The van der Waals surface area contributed by atoms with Gasteiger partial charge in [-0.25, -0.2) is 9.97 Å². The van der Waals surface area contributed by atoms with E-state index >= 15 is 0 Å². The third kappa shape index (κ3) is 3.40. The van der Waals surface area contributed by atoms with Crippen molar-refractivity contribution in [2.24, 2.45) is 0 Å². The van der Waals surface area contributed by atoms with Crippen LogP contribution in [0.5, 0.6) is 0 Å². The number of nitrogens with one attached hydrogen (secondary N) is 1. The normalized spacial score (nSPS) is 24.0. The summed E-state index contributed by atoms with van der Waals surface area (Å²) in [4.78, 5) is 13.1. The third-order valence-corrected chi connectivity index (χ3v) is 5.06. The highest BCUT2D eigenvalue weighted by Crippen LogP contribution is 2.36. The van der Waals surface area contributed by atoms with Crippen molar-refractivity contribution in [1.29, 1.82) is 0 Å². The number of aromatic nitrogens is 4. The highest BCUT2D eigenvalue weighted by atomic mass is 16.5. The van der Waals surface area contributed by atoms with Crippen molar-refractivity contribution in [3.8, 4) is 0 Å². The summed E-state index contributed by atoms with van der Waals surface area (Å²) in [7, 11) is 0. The average molecular weight is 329 g/mol. The van der Waals surface area contributed by atoms with Crippen LogP contribution in [0.3, 0.4) is 0 Å². The molecule has 0 saturated heterocycles. The van der Waals surface area contributed by atoms with Gasteiger partial charge < -0.3 is 14.9 Å². The van der Waals surface area contributed by atoms with E-state index in [2.05, 4.69) is 25.4 Å². The Kier molecular flexibility index (Phi) is 4.42. The maximum atomic E-state index is 9.42.